The first kappa shape index (κ1) is 17.0. The van der Waals surface area contributed by atoms with Gasteiger partial charge in [0.2, 0.25) is 5.91 Å². The lowest BCUT2D eigenvalue weighted by molar-refractivity contribution is -0.127. The lowest BCUT2D eigenvalue weighted by atomic mass is 10.1. The summed E-state index contributed by atoms with van der Waals surface area (Å²) in [5.74, 6) is -0.444. The quantitative estimate of drug-likeness (QED) is 0.770. The van der Waals surface area contributed by atoms with E-state index < -0.39 is 12.1 Å². The fraction of sp³-hybridized carbons (Fsp3) is 0.438. The number of carbonyl (C=O) groups excluding carboxylic acids is 3. The summed E-state index contributed by atoms with van der Waals surface area (Å²) in [7, 11) is 0. The number of ketones is 1. The van der Waals surface area contributed by atoms with Crippen LogP contribution in [0.2, 0.25) is 0 Å². The summed E-state index contributed by atoms with van der Waals surface area (Å²) in [6.45, 7) is 4.50. The second kappa shape index (κ2) is 6.78. The van der Waals surface area contributed by atoms with Crippen LogP contribution in [0.1, 0.15) is 31.1 Å². The maximum atomic E-state index is 12.2. The maximum Gasteiger partial charge on any atom is 0.265 e. The van der Waals surface area contributed by atoms with Gasteiger partial charge in [0.1, 0.15) is 11.8 Å². The molecule has 1 aromatic rings. The molecular weight excluding hydrogens is 300 g/mol. The van der Waals surface area contributed by atoms with Crippen LogP contribution in [0.15, 0.2) is 18.2 Å². The molecule has 7 nitrogen and oxygen atoms in total. The minimum atomic E-state index is -0.786. The molecule has 2 unspecified atom stereocenters. The predicted octanol–water partition coefficient (Wildman–Crippen LogP) is 0.500. The number of nitrogens with one attached hydrogen (secondary N) is 1. The lowest BCUT2D eigenvalue weighted by Gasteiger charge is -2.33. The van der Waals surface area contributed by atoms with Crippen molar-refractivity contribution in [3.8, 4) is 5.75 Å². The van der Waals surface area contributed by atoms with Crippen LogP contribution in [0.4, 0.5) is 5.69 Å². The van der Waals surface area contributed by atoms with Gasteiger partial charge in [0.15, 0.2) is 12.4 Å². The van der Waals surface area contributed by atoms with Crippen LogP contribution in [-0.2, 0) is 9.59 Å². The maximum absolute atomic E-state index is 12.2. The highest BCUT2D eigenvalue weighted by Crippen LogP contribution is 2.34. The van der Waals surface area contributed by atoms with Crippen LogP contribution in [0.25, 0.3) is 0 Å². The fourth-order valence-electron chi connectivity index (χ4n) is 2.33. The number of aliphatic hydroxyl groups is 1. The molecule has 0 saturated heterocycles. The third-order valence-corrected chi connectivity index (χ3v) is 3.58. The zero-order valence-electron chi connectivity index (χ0n) is 13.3. The molecule has 0 aromatic heterocycles. The van der Waals surface area contributed by atoms with Gasteiger partial charge in [-0.1, -0.05) is 0 Å². The Balaban J connectivity index is 2.31. The molecule has 0 fully saturated rings. The first-order valence-corrected chi connectivity index (χ1v) is 7.37. The number of anilines is 1. The van der Waals surface area contributed by atoms with Crippen LogP contribution in [0.3, 0.4) is 0 Å². The summed E-state index contributed by atoms with van der Waals surface area (Å²) < 4.78 is 5.35. The first-order chi connectivity index (χ1) is 10.8. The van der Waals surface area contributed by atoms with Crippen molar-refractivity contribution in [3.05, 3.63) is 23.8 Å². The molecular formula is C16H20N2O5. The Morgan fingerprint density at radius 2 is 2.09 bits per heavy atom. The van der Waals surface area contributed by atoms with Crippen molar-refractivity contribution in [2.75, 3.05) is 18.1 Å². The Hall–Kier alpha value is -2.41. The number of Topliss-reactive ketones (excluding diaryl/α,β-unsaturated/α-hetero) is 1. The number of carbonyl (C=O) groups is 3. The van der Waals surface area contributed by atoms with Crippen LogP contribution in [0, 0.1) is 0 Å². The first-order valence-electron chi connectivity index (χ1n) is 7.37. The highest BCUT2D eigenvalue weighted by atomic mass is 16.5. The van der Waals surface area contributed by atoms with Crippen molar-refractivity contribution >= 4 is 23.3 Å². The van der Waals surface area contributed by atoms with Gasteiger partial charge in [-0.05, 0) is 39.0 Å². The van der Waals surface area contributed by atoms with Crippen LogP contribution in [-0.4, -0.2) is 48.0 Å². The molecule has 2 atom stereocenters. The lowest BCUT2D eigenvalue weighted by Crippen LogP contribution is -2.52. The third kappa shape index (κ3) is 3.68. The molecule has 2 amide bonds. The van der Waals surface area contributed by atoms with Crippen LogP contribution >= 0.6 is 0 Å². The van der Waals surface area contributed by atoms with E-state index in [1.54, 1.807) is 32.0 Å². The second-order valence-corrected chi connectivity index (χ2v) is 5.56. The molecule has 124 valence electrons. The number of amides is 2. The summed E-state index contributed by atoms with van der Waals surface area (Å²) in [4.78, 5) is 37.3. The van der Waals surface area contributed by atoms with E-state index in [1.165, 1.54) is 11.8 Å². The van der Waals surface area contributed by atoms with Gasteiger partial charge in [-0.15, -0.1) is 0 Å². The molecule has 2 N–H and O–H groups in total. The SMILES string of the molecule is CC(=O)c1ccc2c(c1)N(C(C)C(=O)NCC(C)O)C(=O)CO2. The number of hydrogen-bond donors (Lipinski definition) is 2. The van der Waals surface area contributed by atoms with E-state index in [0.717, 1.165) is 0 Å². The Kier molecular flexibility index (Phi) is 5.00. The Labute approximate surface area is 134 Å². The number of fused-ring (bicyclic) bond motifs is 1. The van der Waals surface area contributed by atoms with Crippen molar-refractivity contribution < 1.29 is 24.2 Å². The molecule has 7 heteroatoms. The van der Waals surface area contributed by atoms with E-state index in [-0.39, 0.29) is 30.7 Å². The van der Waals surface area contributed by atoms with Gasteiger partial charge in [-0.3, -0.25) is 19.3 Å². The molecule has 1 heterocycles. The van der Waals surface area contributed by atoms with E-state index in [2.05, 4.69) is 5.32 Å². The number of nitrogens with zero attached hydrogens (tertiary/aromatic N) is 1. The van der Waals surface area contributed by atoms with E-state index in [1.807, 2.05) is 0 Å². The summed E-state index contributed by atoms with van der Waals surface area (Å²) in [5.41, 5.74) is 0.831. The Bertz CT molecular complexity index is 641. The molecule has 1 aromatic carbocycles. The zero-order chi connectivity index (χ0) is 17.1. The standard InChI is InChI=1S/C16H20N2O5/c1-9(19)7-17-16(22)10(2)18-13-6-12(11(3)20)4-5-14(13)23-8-15(18)21/h4-6,9-10,19H,7-8H2,1-3H3,(H,17,22). The highest BCUT2D eigenvalue weighted by molar-refractivity contribution is 6.05. The normalized spacial score (nSPS) is 16.2. The smallest absolute Gasteiger partial charge is 0.265 e. The van der Waals surface area contributed by atoms with Gasteiger partial charge >= 0.3 is 0 Å². The second-order valence-electron chi connectivity index (χ2n) is 5.56. The van der Waals surface area contributed by atoms with Crippen molar-refractivity contribution in [3.63, 3.8) is 0 Å². The average molecular weight is 320 g/mol. The van der Waals surface area contributed by atoms with E-state index in [9.17, 15) is 19.5 Å². The van der Waals surface area contributed by atoms with Crippen LogP contribution < -0.4 is 15.0 Å². The predicted molar refractivity (Wildman–Crippen MR) is 83.6 cm³/mol. The summed E-state index contributed by atoms with van der Waals surface area (Å²) in [6, 6.07) is 4.00. The summed E-state index contributed by atoms with van der Waals surface area (Å²) in [5, 5.41) is 11.8. The molecule has 1 aliphatic rings. The highest BCUT2D eigenvalue weighted by Gasteiger charge is 2.33. The van der Waals surface area contributed by atoms with E-state index in [0.29, 0.717) is 17.0 Å². The molecule has 0 spiro atoms. The van der Waals surface area contributed by atoms with Crippen LogP contribution in [0.5, 0.6) is 5.75 Å². The van der Waals surface area contributed by atoms with Gasteiger partial charge in [-0.25, -0.2) is 0 Å². The van der Waals surface area contributed by atoms with Gasteiger partial charge in [-0.2, -0.15) is 0 Å². The fourth-order valence-corrected chi connectivity index (χ4v) is 2.33. The Morgan fingerprint density at radius 3 is 2.70 bits per heavy atom. The summed E-state index contributed by atoms with van der Waals surface area (Å²) in [6.07, 6.45) is -0.678. The van der Waals surface area contributed by atoms with Gasteiger partial charge in [0.05, 0.1) is 11.8 Å². The van der Waals surface area contributed by atoms with E-state index in [4.69, 9.17) is 4.74 Å². The Morgan fingerprint density at radius 1 is 1.39 bits per heavy atom. The molecule has 2 rings (SSSR count). The van der Waals surface area contributed by atoms with Crippen molar-refractivity contribution in [1.29, 1.82) is 0 Å². The minimum Gasteiger partial charge on any atom is -0.482 e. The van der Waals surface area contributed by atoms with Gasteiger partial charge < -0.3 is 15.2 Å². The van der Waals surface area contributed by atoms with Crippen molar-refractivity contribution in [1.82, 2.24) is 5.32 Å². The molecule has 0 bridgehead atoms. The topological polar surface area (TPSA) is 95.9 Å². The minimum absolute atomic E-state index is 0.0993. The number of aliphatic hydroxyl groups excluding tert-OH is 1. The number of rotatable bonds is 5. The molecule has 0 aliphatic carbocycles. The molecule has 0 radical (unpaired) electrons. The average Bonchev–Trinajstić information content (AvgIpc) is 2.51. The molecule has 23 heavy (non-hydrogen) atoms. The molecule has 1 aliphatic heterocycles. The third-order valence-electron chi connectivity index (χ3n) is 3.58. The van der Waals surface area contributed by atoms with E-state index >= 15 is 0 Å². The van der Waals surface area contributed by atoms with Crippen molar-refractivity contribution in [2.24, 2.45) is 0 Å². The molecule has 0 saturated carbocycles. The number of benzene rings is 1. The number of ether oxygens (including phenoxy) is 1. The number of hydrogen-bond acceptors (Lipinski definition) is 5. The summed E-state index contributed by atoms with van der Waals surface area (Å²) >= 11 is 0. The van der Waals surface area contributed by atoms with Crippen molar-refractivity contribution in [2.45, 2.75) is 32.9 Å². The van der Waals surface area contributed by atoms with Gasteiger partial charge in [0, 0.05) is 12.1 Å². The largest absolute Gasteiger partial charge is 0.482 e. The zero-order valence-corrected chi connectivity index (χ0v) is 13.3. The van der Waals surface area contributed by atoms with Gasteiger partial charge in [0.25, 0.3) is 5.91 Å². The monoisotopic (exact) mass is 320 g/mol.